The van der Waals surface area contributed by atoms with Crippen molar-refractivity contribution in [3.63, 3.8) is 0 Å². The lowest BCUT2D eigenvalue weighted by Crippen LogP contribution is -2.12. The molecule has 1 amide bonds. The van der Waals surface area contributed by atoms with Gasteiger partial charge in [-0.25, -0.2) is 0 Å². The first-order valence-corrected chi connectivity index (χ1v) is 7.26. The Labute approximate surface area is 133 Å². The normalized spacial score (nSPS) is 10.4. The Morgan fingerprint density at radius 3 is 2.71 bits per heavy atom. The molecular formula is C11H8Cl2N4O3S. The average Bonchev–Trinajstić information content (AvgIpc) is 2.88. The van der Waals surface area contributed by atoms with E-state index in [0.29, 0.717) is 11.6 Å². The van der Waals surface area contributed by atoms with Gasteiger partial charge < -0.3 is 0 Å². The number of carbonyl (C=O) groups excluding carboxylic acids is 1. The van der Waals surface area contributed by atoms with Gasteiger partial charge in [0.05, 0.1) is 9.95 Å². The van der Waals surface area contributed by atoms with Gasteiger partial charge in [0, 0.05) is 11.6 Å². The Morgan fingerprint density at radius 2 is 2.14 bits per heavy atom. The van der Waals surface area contributed by atoms with Crippen molar-refractivity contribution in [2.24, 2.45) is 0 Å². The SMILES string of the molecule is CCc1nnc(NC(=O)c2cc(Cl)c(Cl)c([N+](=O)[O-])c2)s1. The first-order chi connectivity index (χ1) is 9.92. The first-order valence-electron chi connectivity index (χ1n) is 5.69. The molecule has 0 unspecified atom stereocenters. The minimum absolute atomic E-state index is 0.0179. The zero-order valence-electron chi connectivity index (χ0n) is 10.6. The zero-order valence-corrected chi connectivity index (χ0v) is 12.9. The molecular weight excluding hydrogens is 339 g/mol. The van der Waals surface area contributed by atoms with Crippen LogP contribution in [0.1, 0.15) is 22.3 Å². The molecule has 0 aliphatic heterocycles. The third-order valence-electron chi connectivity index (χ3n) is 2.46. The highest BCUT2D eigenvalue weighted by Gasteiger charge is 2.20. The third-order valence-corrected chi connectivity index (χ3v) is 4.23. The van der Waals surface area contributed by atoms with E-state index in [4.69, 9.17) is 23.2 Å². The molecule has 0 radical (unpaired) electrons. The van der Waals surface area contributed by atoms with Gasteiger partial charge in [-0.2, -0.15) is 0 Å². The van der Waals surface area contributed by atoms with Gasteiger partial charge in [-0.3, -0.25) is 20.2 Å². The molecule has 2 aromatic rings. The summed E-state index contributed by atoms with van der Waals surface area (Å²) in [5.41, 5.74) is -0.412. The number of amides is 1. The summed E-state index contributed by atoms with van der Waals surface area (Å²) in [7, 11) is 0. The Balaban J connectivity index is 2.28. The van der Waals surface area contributed by atoms with Crippen LogP contribution in [0.3, 0.4) is 0 Å². The number of hydrogen-bond donors (Lipinski definition) is 1. The molecule has 21 heavy (non-hydrogen) atoms. The molecule has 0 aliphatic carbocycles. The highest BCUT2D eigenvalue weighted by atomic mass is 35.5. The highest BCUT2D eigenvalue weighted by Crippen LogP contribution is 2.33. The summed E-state index contributed by atoms with van der Waals surface area (Å²) >= 11 is 12.7. The maximum atomic E-state index is 12.1. The van der Waals surface area contributed by atoms with Crippen molar-refractivity contribution in [2.45, 2.75) is 13.3 Å². The van der Waals surface area contributed by atoms with Crippen molar-refractivity contribution in [1.82, 2.24) is 10.2 Å². The fraction of sp³-hybridized carbons (Fsp3) is 0.182. The second-order valence-electron chi connectivity index (χ2n) is 3.86. The van der Waals surface area contributed by atoms with E-state index >= 15 is 0 Å². The Hall–Kier alpha value is -1.77. The fourth-order valence-corrected chi connectivity index (χ4v) is 2.52. The lowest BCUT2D eigenvalue weighted by Gasteiger charge is -2.04. The van der Waals surface area contributed by atoms with Crippen LogP contribution in [-0.4, -0.2) is 21.0 Å². The zero-order chi connectivity index (χ0) is 15.6. The molecule has 0 saturated heterocycles. The van der Waals surface area contributed by atoms with Gasteiger partial charge in [0.1, 0.15) is 10.0 Å². The minimum Gasteiger partial charge on any atom is -0.296 e. The minimum atomic E-state index is -0.703. The number of anilines is 1. The van der Waals surface area contributed by atoms with Crippen LogP contribution in [0.5, 0.6) is 0 Å². The predicted molar refractivity (Wildman–Crippen MR) is 80.4 cm³/mol. The molecule has 1 aromatic carbocycles. The molecule has 0 saturated carbocycles. The second-order valence-corrected chi connectivity index (χ2v) is 5.70. The van der Waals surface area contributed by atoms with Gasteiger partial charge >= 0.3 is 0 Å². The molecule has 0 aliphatic rings. The fourth-order valence-electron chi connectivity index (χ4n) is 1.45. The summed E-state index contributed by atoms with van der Waals surface area (Å²) in [6, 6.07) is 2.32. The van der Waals surface area contributed by atoms with Gasteiger partial charge in [-0.05, 0) is 12.5 Å². The lowest BCUT2D eigenvalue weighted by atomic mass is 10.2. The van der Waals surface area contributed by atoms with Crippen molar-refractivity contribution < 1.29 is 9.72 Å². The third kappa shape index (κ3) is 3.46. The van der Waals surface area contributed by atoms with Gasteiger partial charge in [0.2, 0.25) is 5.13 Å². The van der Waals surface area contributed by atoms with E-state index in [1.165, 1.54) is 17.4 Å². The number of benzene rings is 1. The summed E-state index contributed by atoms with van der Waals surface area (Å²) < 4.78 is 0. The monoisotopic (exact) mass is 346 g/mol. The van der Waals surface area contributed by atoms with Crippen LogP contribution in [0, 0.1) is 10.1 Å². The van der Waals surface area contributed by atoms with E-state index < -0.39 is 16.5 Å². The molecule has 0 fully saturated rings. The topological polar surface area (TPSA) is 98.0 Å². The molecule has 1 N–H and O–H groups in total. The molecule has 1 aromatic heterocycles. The number of nitrogens with zero attached hydrogens (tertiary/aromatic N) is 3. The van der Waals surface area contributed by atoms with Crippen molar-refractivity contribution in [3.05, 3.63) is 42.9 Å². The van der Waals surface area contributed by atoms with Crippen LogP contribution in [0.4, 0.5) is 10.8 Å². The van der Waals surface area contributed by atoms with Crippen molar-refractivity contribution in [2.75, 3.05) is 5.32 Å². The first kappa shape index (κ1) is 15.6. The highest BCUT2D eigenvalue weighted by molar-refractivity contribution is 7.15. The standard InChI is InChI=1S/C11H8Cl2N4O3S/c1-2-8-15-16-11(21-8)14-10(18)5-3-6(12)9(13)7(4-5)17(19)20/h3-4H,2H2,1H3,(H,14,16,18). The van der Waals surface area contributed by atoms with Crippen molar-refractivity contribution >= 4 is 51.3 Å². The Morgan fingerprint density at radius 1 is 1.43 bits per heavy atom. The smallest absolute Gasteiger partial charge is 0.290 e. The van der Waals surface area contributed by atoms with Crippen molar-refractivity contribution in [1.29, 1.82) is 0 Å². The Kier molecular flexibility index (Phi) is 4.71. The number of nitro groups is 1. The number of halogens is 2. The molecule has 0 bridgehead atoms. The molecule has 0 atom stereocenters. The number of aromatic nitrogens is 2. The lowest BCUT2D eigenvalue weighted by molar-refractivity contribution is -0.384. The van der Waals surface area contributed by atoms with E-state index in [9.17, 15) is 14.9 Å². The molecule has 10 heteroatoms. The maximum Gasteiger partial charge on any atom is 0.290 e. The van der Waals surface area contributed by atoms with Crippen LogP contribution >= 0.6 is 34.5 Å². The second kappa shape index (κ2) is 6.33. The van der Waals surface area contributed by atoms with Gasteiger partial charge in [-0.1, -0.05) is 41.5 Å². The van der Waals surface area contributed by atoms with E-state index in [2.05, 4.69) is 15.5 Å². The Bertz CT molecular complexity index is 719. The summed E-state index contributed by atoms with van der Waals surface area (Å²) in [5.74, 6) is -0.574. The number of carbonyl (C=O) groups is 1. The number of nitrogens with one attached hydrogen (secondary N) is 1. The van der Waals surface area contributed by atoms with Gasteiger partial charge in [0.15, 0.2) is 0 Å². The van der Waals surface area contributed by atoms with E-state index in [1.807, 2.05) is 6.92 Å². The number of hydrogen-bond acceptors (Lipinski definition) is 6. The van der Waals surface area contributed by atoms with E-state index in [0.717, 1.165) is 11.1 Å². The van der Waals surface area contributed by atoms with Crippen molar-refractivity contribution in [3.8, 4) is 0 Å². The van der Waals surface area contributed by atoms with Gasteiger partial charge in [0.25, 0.3) is 11.6 Å². The van der Waals surface area contributed by atoms with Crippen LogP contribution in [0.25, 0.3) is 0 Å². The molecule has 110 valence electrons. The number of rotatable bonds is 4. The van der Waals surface area contributed by atoms with Crippen LogP contribution < -0.4 is 5.32 Å². The number of nitro benzene ring substituents is 1. The largest absolute Gasteiger partial charge is 0.296 e. The van der Waals surface area contributed by atoms with E-state index in [-0.39, 0.29) is 15.6 Å². The number of aryl methyl sites for hydroxylation is 1. The molecule has 0 spiro atoms. The molecule has 2 rings (SSSR count). The quantitative estimate of drug-likeness (QED) is 0.673. The van der Waals surface area contributed by atoms with Gasteiger partial charge in [-0.15, -0.1) is 10.2 Å². The predicted octanol–water partition coefficient (Wildman–Crippen LogP) is 3.57. The molecule has 1 heterocycles. The maximum absolute atomic E-state index is 12.1. The summed E-state index contributed by atoms with van der Waals surface area (Å²) in [6.45, 7) is 1.91. The summed E-state index contributed by atoms with van der Waals surface area (Å²) in [5, 5.41) is 21.8. The van der Waals surface area contributed by atoms with Crippen LogP contribution in [-0.2, 0) is 6.42 Å². The summed E-state index contributed by atoms with van der Waals surface area (Å²) in [6.07, 6.45) is 0.700. The van der Waals surface area contributed by atoms with E-state index in [1.54, 1.807) is 0 Å². The van der Waals surface area contributed by atoms with Crippen LogP contribution in [0.15, 0.2) is 12.1 Å². The van der Waals surface area contributed by atoms with Crippen LogP contribution in [0.2, 0.25) is 10.0 Å². The molecule has 7 nitrogen and oxygen atoms in total. The average molecular weight is 347 g/mol. The summed E-state index contributed by atoms with van der Waals surface area (Å²) in [4.78, 5) is 22.2.